The van der Waals surface area contributed by atoms with Crippen LogP contribution in [0.4, 0.5) is 0 Å². The Morgan fingerprint density at radius 2 is 2.08 bits per heavy atom. The molecule has 1 amide bonds. The van der Waals surface area contributed by atoms with E-state index in [4.69, 9.17) is 4.74 Å². The Bertz CT molecular complexity index is 741. The summed E-state index contributed by atoms with van der Waals surface area (Å²) in [4.78, 5) is 16.2. The van der Waals surface area contributed by atoms with E-state index >= 15 is 0 Å². The van der Waals surface area contributed by atoms with Gasteiger partial charge in [0.05, 0.1) is 24.9 Å². The number of amides is 1. The molecule has 0 aliphatic carbocycles. The summed E-state index contributed by atoms with van der Waals surface area (Å²) in [5.74, 6) is 0.701. The maximum absolute atomic E-state index is 12.4. The zero-order chi connectivity index (χ0) is 18.7. The number of benzene rings is 1. The highest BCUT2D eigenvalue weighted by Gasteiger charge is 2.38. The summed E-state index contributed by atoms with van der Waals surface area (Å²) in [6, 6.07) is 7.83. The fourth-order valence-corrected chi connectivity index (χ4v) is 3.57. The summed E-state index contributed by atoms with van der Waals surface area (Å²) >= 11 is 0. The smallest absolute Gasteiger partial charge is 0.226 e. The van der Waals surface area contributed by atoms with Crippen molar-refractivity contribution in [3.05, 3.63) is 36.0 Å². The highest BCUT2D eigenvalue weighted by molar-refractivity contribution is 5.79. The molecule has 0 radical (unpaired) electrons. The van der Waals surface area contributed by atoms with Crippen LogP contribution in [-0.2, 0) is 11.3 Å². The largest absolute Gasteiger partial charge is 0.497 e. The summed E-state index contributed by atoms with van der Waals surface area (Å²) in [5.41, 5.74) is 3.08. The lowest BCUT2D eigenvalue weighted by Gasteiger charge is -2.20. The molecule has 2 heterocycles. The minimum atomic E-state index is -0.161. The Labute approximate surface area is 153 Å². The average molecular weight is 358 g/mol. The molecule has 3 rings (SSSR count). The number of methoxy groups -OCH3 is 1. The van der Waals surface area contributed by atoms with Gasteiger partial charge in [-0.25, -0.2) is 0 Å². The van der Waals surface area contributed by atoms with Crippen LogP contribution in [0.3, 0.4) is 0 Å². The molecule has 0 unspecified atom stereocenters. The lowest BCUT2D eigenvalue weighted by atomic mass is 9.96. The van der Waals surface area contributed by atoms with E-state index in [1.807, 2.05) is 30.5 Å². The maximum Gasteiger partial charge on any atom is 0.226 e. The van der Waals surface area contributed by atoms with Crippen molar-refractivity contribution in [1.29, 1.82) is 0 Å². The average Bonchev–Trinajstić information content (AvgIpc) is 3.28. The quantitative estimate of drug-likeness (QED) is 0.811. The molecule has 2 N–H and O–H groups in total. The van der Waals surface area contributed by atoms with E-state index < -0.39 is 0 Å². The normalized spacial score (nSPS) is 20.3. The van der Waals surface area contributed by atoms with Crippen LogP contribution in [0.15, 0.2) is 30.5 Å². The first-order chi connectivity index (χ1) is 12.5. The number of aliphatic hydroxyl groups excluding tert-OH is 1. The molecule has 0 spiro atoms. The second kappa shape index (κ2) is 7.88. The Morgan fingerprint density at radius 1 is 1.35 bits per heavy atom. The topological polar surface area (TPSA) is 81.7 Å². The van der Waals surface area contributed by atoms with Gasteiger partial charge in [-0.1, -0.05) is 0 Å². The summed E-state index contributed by atoms with van der Waals surface area (Å²) < 4.78 is 5.21. The van der Waals surface area contributed by atoms with Gasteiger partial charge in [0, 0.05) is 57.4 Å². The van der Waals surface area contributed by atoms with Crippen LogP contribution in [-0.4, -0.2) is 71.9 Å². The summed E-state index contributed by atoms with van der Waals surface area (Å²) in [6.45, 7) is 2.06. The third-order valence-electron chi connectivity index (χ3n) is 5.00. The van der Waals surface area contributed by atoms with E-state index in [-0.39, 0.29) is 24.3 Å². The van der Waals surface area contributed by atoms with Gasteiger partial charge in [-0.15, -0.1) is 0 Å². The number of hydrogen-bond donors (Lipinski definition) is 2. The molecule has 1 aromatic heterocycles. The van der Waals surface area contributed by atoms with E-state index in [9.17, 15) is 9.90 Å². The summed E-state index contributed by atoms with van der Waals surface area (Å²) in [7, 11) is 5.17. The molecule has 2 aromatic rings. The first-order valence-electron chi connectivity index (χ1n) is 8.74. The molecule has 26 heavy (non-hydrogen) atoms. The Morgan fingerprint density at radius 3 is 2.69 bits per heavy atom. The number of aromatic nitrogens is 2. The van der Waals surface area contributed by atoms with Gasteiger partial charge in [-0.2, -0.15) is 5.10 Å². The van der Waals surface area contributed by atoms with Crippen LogP contribution in [0.2, 0.25) is 0 Å². The lowest BCUT2D eigenvalue weighted by molar-refractivity contribution is -0.134. The van der Waals surface area contributed by atoms with E-state index in [0.29, 0.717) is 19.6 Å². The molecule has 0 saturated carbocycles. The molecule has 7 heteroatoms. The molecule has 7 nitrogen and oxygen atoms in total. The van der Waals surface area contributed by atoms with Crippen LogP contribution in [0.25, 0.3) is 11.3 Å². The van der Waals surface area contributed by atoms with Crippen LogP contribution in [0.5, 0.6) is 5.75 Å². The van der Waals surface area contributed by atoms with Crippen molar-refractivity contribution in [1.82, 2.24) is 20.0 Å². The predicted octanol–water partition coefficient (Wildman–Crippen LogP) is 1.21. The van der Waals surface area contributed by atoms with E-state index in [1.165, 1.54) is 0 Å². The van der Waals surface area contributed by atoms with Gasteiger partial charge in [-0.3, -0.25) is 14.8 Å². The fraction of sp³-hybridized carbons (Fsp3) is 0.474. The molecule has 1 aliphatic heterocycles. The van der Waals surface area contributed by atoms with Crippen molar-refractivity contribution in [3.63, 3.8) is 0 Å². The predicted molar refractivity (Wildman–Crippen MR) is 98.6 cm³/mol. The van der Waals surface area contributed by atoms with Crippen LogP contribution >= 0.6 is 0 Å². The van der Waals surface area contributed by atoms with Crippen LogP contribution in [0, 0.1) is 11.8 Å². The molecule has 1 aliphatic rings. The number of H-pyrrole nitrogens is 1. The molecule has 140 valence electrons. The highest BCUT2D eigenvalue weighted by Crippen LogP contribution is 2.29. The van der Waals surface area contributed by atoms with Crippen molar-refractivity contribution in [2.45, 2.75) is 6.54 Å². The third kappa shape index (κ3) is 3.73. The zero-order valence-corrected chi connectivity index (χ0v) is 15.5. The zero-order valence-electron chi connectivity index (χ0n) is 15.5. The van der Waals surface area contributed by atoms with E-state index in [1.54, 1.807) is 26.1 Å². The minimum absolute atomic E-state index is 0.0253. The van der Waals surface area contributed by atoms with E-state index in [0.717, 1.165) is 22.6 Å². The van der Waals surface area contributed by atoms with Crippen molar-refractivity contribution < 1.29 is 14.6 Å². The van der Waals surface area contributed by atoms with Crippen molar-refractivity contribution in [2.24, 2.45) is 11.8 Å². The number of nitrogens with zero attached hydrogens (tertiary/aromatic N) is 3. The molecule has 0 bridgehead atoms. The van der Waals surface area contributed by atoms with Gasteiger partial charge in [0.15, 0.2) is 0 Å². The van der Waals surface area contributed by atoms with Crippen molar-refractivity contribution in [3.8, 4) is 17.0 Å². The number of hydrogen-bond acceptors (Lipinski definition) is 5. The monoisotopic (exact) mass is 358 g/mol. The third-order valence-corrected chi connectivity index (χ3v) is 5.00. The molecule has 1 fully saturated rings. The number of ether oxygens (including phenoxy) is 1. The highest BCUT2D eigenvalue weighted by atomic mass is 16.5. The number of aromatic amines is 1. The fourth-order valence-electron chi connectivity index (χ4n) is 3.57. The van der Waals surface area contributed by atoms with Crippen LogP contribution < -0.4 is 4.74 Å². The van der Waals surface area contributed by atoms with Crippen molar-refractivity contribution in [2.75, 3.05) is 40.9 Å². The number of nitrogens with one attached hydrogen (secondary N) is 1. The second-order valence-corrected chi connectivity index (χ2v) is 6.97. The number of carbonyl (C=O) groups excluding carboxylic acids is 1. The lowest BCUT2D eigenvalue weighted by Crippen LogP contribution is -2.35. The van der Waals surface area contributed by atoms with Gasteiger partial charge >= 0.3 is 0 Å². The van der Waals surface area contributed by atoms with Gasteiger partial charge in [-0.05, 0) is 24.3 Å². The second-order valence-electron chi connectivity index (χ2n) is 6.97. The van der Waals surface area contributed by atoms with E-state index in [2.05, 4.69) is 15.1 Å². The Hall–Kier alpha value is -2.38. The molecule has 1 aromatic carbocycles. The van der Waals surface area contributed by atoms with Gasteiger partial charge < -0.3 is 14.7 Å². The standard InChI is InChI=1S/C19H26N4O3/c1-22(2)19(25)17-11-23(10-15(17)12-24)9-14-8-20-21-18(14)13-4-6-16(26-3)7-5-13/h4-8,15,17,24H,9-12H2,1-3H3,(H,20,21)/t15-,17+/m0/s1. The molecule has 1 saturated heterocycles. The maximum atomic E-state index is 12.4. The number of aliphatic hydroxyl groups is 1. The SMILES string of the molecule is COc1ccc(-c2[nH]ncc2CN2C[C@@H](CO)[C@H](C(=O)N(C)C)C2)cc1. The number of rotatable bonds is 6. The Balaban J connectivity index is 1.74. The number of likely N-dealkylation sites (tertiary alicyclic amines) is 1. The minimum Gasteiger partial charge on any atom is -0.497 e. The summed E-state index contributed by atoms with van der Waals surface area (Å²) in [5, 5.41) is 16.9. The van der Waals surface area contributed by atoms with Crippen molar-refractivity contribution >= 4 is 5.91 Å². The van der Waals surface area contributed by atoms with Gasteiger partial charge in [0.25, 0.3) is 0 Å². The number of carbonyl (C=O) groups is 1. The molecular formula is C19H26N4O3. The van der Waals surface area contributed by atoms with Gasteiger partial charge in [0.1, 0.15) is 5.75 Å². The first kappa shape index (κ1) is 18.4. The molecular weight excluding hydrogens is 332 g/mol. The Kier molecular flexibility index (Phi) is 5.58. The van der Waals surface area contributed by atoms with Gasteiger partial charge in [0.2, 0.25) is 5.91 Å². The summed E-state index contributed by atoms with van der Waals surface area (Å²) in [6.07, 6.45) is 1.83. The molecule has 2 atom stereocenters. The first-order valence-corrected chi connectivity index (χ1v) is 8.74. The van der Waals surface area contributed by atoms with Crippen LogP contribution in [0.1, 0.15) is 5.56 Å².